The van der Waals surface area contributed by atoms with Gasteiger partial charge in [-0.2, -0.15) is 0 Å². The lowest BCUT2D eigenvalue weighted by molar-refractivity contribution is 0.0784. The first-order valence-corrected chi connectivity index (χ1v) is 6.71. The molecule has 1 heterocycles. The summed E-state index contributed by atoms with van der Waals surface area (Å²) in [5.41, 5.74) is 1.35. The van der Waals surface area contributed by atoms with E-state index in [2.05, 4.69) is 9.97 Å². The van der Waals surface area contributed by atoms with Crippen LogP contribution in [0.3, 0.4) is 0 Å². The molecule has 0 bridgehead atoms. The first kappa shape index (κ1) is 14.5. The lowest BCUT2D eigenvalue weighted by atomic mass is 10.1. The van der Waals surface area contributed by atoms with Gasteiger partial charge in [-0.15, -0.1) is 0 Å². The summed E-state index contributed by atoms with van der Waals surface area (Å²) in [4.78, 5) is 20.0. The number of carbonyl (C=O) groups excluding carboxylic acids is 1. The van der Waals surface area contributed by atoms with Gasteiger partial charge in [-0.05, 0) is 37.1 Å². The lowest BCUT2D eigenvalue weighted by Crippen LogP contribution is -2.27. The van der Waals surface area contributed by atoms with Gasteiger partial charge in [0.1, 0.15) is 12.1 Å². The van der Waals surface area contributed by atoms with E-state index in [-0.39, 0.29) is 5.78 Å². The van der Waals surface area contributed by atoms with Crippen LogP contribution in [0.4, 0.5) is 0 Å². The van der Waals surface area contributed by atoms with Crippen LogP contribution in [0.25, 0.3) is 0 Å². The van der Waals surface area contributed by atoms with E-state index >= 15 is 0 Å². The average molecular weight is 291 g/mol. The fourth-order valence-electron chi connectivity index (χ4n) is 1.83. The zero-order valence-electron chi connectivity index (χ0n) is 11.3. The van der Waals surface area contributed by atoms with E-state index in [1.807, 2.05) is 13.8 Å². The molecule has 4 nitrogen and oxygen atoms in total. The number of carbonyl (C=O) groups is 1. The topological polar surface area (TPSA) is 52.1 Å². The molecule has 20 heavy (non-hydrogen) atoms. The summed E-state index contributed by atoms with van der Waals surface area (Å²) in [5.74, 6) is 0.536. The van der Waals surface area contributed by atoms with Crippen LogP contribution in [0.5, 0.6) is 5.75 Å². The minimum atomic E-state index is -0.555. The van der Waals surface area contributed by atoms with Crippen molar-refractivity contribution in [2.24, 2.45) is 0 Å². The minimum absolute atomic E-state index is 0.123. The molecular weight excluding hydrogens is 276 g/mol. The average Bonchev–Trinajstić information content (AvgIpc) is 2.47. The monoisotopic (exact) mass is 290 g/mol. The Morgan fingerprint density at radius 3 is 2.65 bits per heavy atom. The third kappa shape index (κ3) is 3.33. The van der Waals surface area contributed by atoms with Crippen LogP contribution in [0.15, 0.2) is 36.9 Å². The fraction of sp³-hybridized carbons (Fsp3) is 0.267. The van der Waals surface area contributed by atoms with Crippen molar-refractivity contribution in [2.45, 2.75) is 26.4 Å². The molecule has 0 radical (unpaired) electrons. The van der Waals surface area contributed by atoms with Gasteiger partial charge in [0.05, 0.1) is 5.56 Å². The predicted octanol–water partition coefficient (Wildman–Crippen LogP) is 3.48. The SMILES string of the molecule is CCC(Oc1ccc(Cl)cc1C)C(=O)c1cncnc1. The summed E-state index contributed by atoms with van der Waals surface area (Å²) < 4.78 is 5.80. The van der Waals surface area contributed by atoms with Gasteiger partial charge in [-0.1, -0.05) is 18.5 Å². The Balaban J connectivity index is 2.19. The molecule has 0 aliphatic rings. The number of Topliss-reactive ketones (excluding diaryl/α,β-unsaturated/α-hetero) is 1. The molecule has 0 spiro atoms. The highest BCUT2D eigenvalue weighted by Crippen LogP contribution is 2.24. The Morgan fingerprint density at radius 1 is 1.35 bits per heavy atom. The van der Waals surface area contributed by atoms with Crippen LogP contribution in [0.1, 0.15) is 29.3 Å². The number of rotatable bonds is 5. The van der Waals surface area contributed by atoms with Gasteiger partial charge in [0, 0.05) is 17.4 Å². The van der Waals surface area contributed by atoms with Gasteiger partial charge in [0.25, 0.3) is 0 Å². The number of ether oxygens (including phenoxy) is 1. The number of hydrogen-bond donors (Lipinski definition) is 0. The minimum Gasteiger partial charge on any atom is -0.482 e. The normalized spacial score (nSPS) is 11.9. The van der Waals surface area contributed by atoms with Crippen molar-refractivity contribution < 1.29 is 9.53 Å². The summed E-state index contributed by atoms with van der Waals surface area (Å²) in [7, 11) is 0. The molecule has 0 saturated carbocycles. The number of ketones is 1. The van der Waals surface area contributed by atoms with E-state index in [0.717, 1.165) is 5.56 Å². The van der Waals surface area contributed by atoms with Gasteiger partial charge in [0.15, 0.2) is 6.10 Å². The Bertz CT molecular complexity index is 602. The Labute approximate surface area is 122 Å². The molecule has 0 aliphatic carbocycles. The molecule has 2 rings (SSSR count). The number of aromatic nitrogens is 2. The Hall–Kier alpha value is -1.94. The zero-order valence-corrected chi connectivity index (χ0v) is 12.1. The van der Waals surface area contributed by atoms with Gasteiger partial charge < -0.3 is 4.74 Å². The molecule has 5 heteroatoms. The molecule has 1 aromatic carbocycles. The van der Waals surface area contributed by atoms with Gasteiger partial charge >= 0.3 is 0 Å². The first-order chi connectivity index (χ1) is 9.61. The summed E-state index contributed by atoms with van der Waals surface area (Å²) in [6, 6.07) is 5.32. The molecule has 0 saturated heterocycles. The van der Waals surface area contributed by atoms with E-state index in [0.29, 0.717) is 22.8 Å². The molecule has 0 fully saturated rings. The molecule has 0 aliphatic heterocycles. The van der Waals surface area contributed by atoms with Crippen LogP contribution in [0, 0.1) is 6.92 Å². The summed E-state index contributed by atoms with van der Waals surface area (Å²) in [6.45, 7) is 3.79. The van der Waals surface area contributed by atoms with Crippen LogP contribution in [-0.2, 0) is 0 Å². The molecule has 2 aromatic rings. The standard InChI is InChI=1S/C15H15ClN2O2/c1-3-13(15(19)11-7-17-9-18-8-11)20-14-5-4-12(16)6-10(14)2/h4-9,13H,3H2,1-2H3. The van der Waals surface area contributed by atoms with Crippen LogP contribution < -0.4 is 4.74 Å². The van der Waals surface area contributed by atoms with E-state index in [9.17, 15) is 4.79 Å². The summed E-state index contributed by atoms with van der Waals surface area (Å²) in [5, 5.41) is 0.644. The molecule has 0 amide bonds. The summed E-state index contributed by atoms with van der Waals surface area (Å²) >= 11 is 5.91. The lowest BCUT2D eigenvalue weighted by Gasteiger charge is -2.17. The molecule has 104 valence electrons. The van der Waals surface area contributed by atoms with Gasteiger partial charge in [-0.25, -0.2) is 9.97 Å². The maximum absolute atomic E-state index is 12.3. The second-order valence-electron chi connectivity index (χ2n) is 4.42. The third-order valence-electron chi connectivity index (χ3n) is 2.91. The quantitative estimate of drug-likeness (QED) is 0.791. The van der Waals surface area contributed by atoms with Crippen molar-refractivity contribution in [3.8, 4) is 5.75 Å². The largest absolute Gasteiger partial charge is 0.482 e. The Morgan fingerprint density at radius 2 is 2.05 bits per heavy atom. The van der Waals surface area contributed by atoms with Gasteiger partial charge in [-0.3, -0.25) is 4.79 Å². The Kier molecular flexibility index (Phi) is 4.69. The predicted molar refractivity (Wildman–Crippen MR) is 77.3 cm³/mol. The molecule has 1 atom stereocenters. The highest BCUT2D eigenvalue weighted by molar-refractivity contribution is 6.30. The number of aryl methyl sites for hydroxylation is 1. The highest BCUT2D eigenvalue weighted by atomic mass is 35.5. The smallest absolute Gasteiger partial charge is 0.206 e. The molecule has 1 unspecified atom stereocenters. The van der Waals surface area contributed by atoms with E-state index in [1.165, 1.54) is 18.7 Å². The molecule has 0 N–H and O–H groups in total. The van der Waals surface area contributed by atoms with Crippen LogP contribution in [0.2, 0.25) is 5.02 Å². The fourth-order valence-corrected chi connectivity index (χ4v) is 2.06. The number of benzene rings is 1. The maximum atomic E-state index is 12.3. The van der Waals surface area contributed by atoms with Crippen LogP contribution >= 0.6 is 11.6 Å². The van der Waals surface area contributed by atoms with E-state index < -0.39 is 6.10 Å². The number of halogens is 1. The highest BCUT2D eigenvalue weighted by Gasteiger charge is 2.21. The second-order valence-corrected chi connectivity index (χ2v) is 4.85. The van der Waals surface area contributed by atoms with Crippen molar-refractivity contribution in [1.29, 1.82) is 0 Å². The van der Waals surface area contributed by atoms with E-state index in [4.69, 9.17) is 16.3 Å². The number of hydrogen-bond acceptors (Lipinski definition) is 4. The first-order valence-electron chi connectivity index (χ1n) is 6.34. The maximum Gasteiger partial charge on any atom is 0.206 e. The van der Waals surface area contributed by atoms with Gasteiger partial charge in [0.2, 0.25) is 5.78 Å². The second kappa shape index (κ2) is 6.48. The van der Waals surface area contributed by atoms with Crippen molar-refractivity contribution in [1.82, 2.24) is 9.97 Å². The number of nitrogens with zero attached hydrogens (tertiary/aromatic N) is 2. The van der Waals surface area contributed by atoms with Crippen molar-refractivity contribution in [2.75, 3.05) is 0 Å². The molecule has 1 aromatic heterocycles. The van der Waals surface area contributed by atoms with Crippen molar-refractivity contribution >= 4 is 17.4 Å². The van der Waals surface area contributed by atoms with Crippen LogP contribution in [-0.4, -0.2) is 21.9 Å². The summed E-state index contributed by atoms with van der Waals surface area (Å²) in [6.07, 6.45) is 4.39. The van der Waals surface area contributed by atoms with Crippen molar-refractivity contribution in [3.05, 3.63) is 53.1 Å². The third-order valence-corrected chi connectivity index (χ3v) is 3.15. The zero-order chi connectivity index (χ0) is 14.5. The van der Waals surface area contributed by atoms with E-state index in [1.54, 1.807) is 18.2 Å². The van der Waals surface area contributed by atoms with Crippen molar-refractivity contribution in [3.63, 3.8) is 0 Å². The molecular formula is C15H15ClN2O2.